The first-order valence-corrected chi connectivity index (χ1v) is 6.62. The van der Waals surface area contributed by atoms with Gasteiger partial charge in [-0.3, -0.25) is 4.79 Å². The second-order valence-corrected chi connectivity index (χ2v) is 5.55. The van der Waals surface area contributed by atoms with Crippen LogP contribution >= 0.6 is 11.8 Å². The molecule has 0 spiro atoms. The minimum atomic E-state index is -1.17. The number of rotatable bonds is 7. The van der Waals surface area contributed by atoms with Crippen molar-refractivity contribution >= 4 is 23.6 Å². The highest BCUT2D eigenvalue weighted by Crippen LogP contribution is 2.17. The largest absolute Gasteiger partial charge is 0.480 e. The van der Waals surface area contributed by atoms with Crippen molar-refractivity contribution in [3.63, 3.8) is 0 Å². The van der Waals surface area contributed by atoms with Crippen molar-refractivity contribution in [1.82, 2.24) is 5.32 Å². The van der Waals surface area contributed by atoms with Gasteiger partial charge in [-0.2, -0.15) is 11.8 Å². The van der Waals surface area contributed by atoms with E-state index in [9.17, 15) is 9.59 Å². The molecule has 0 aliphatic carbocycles. The van der Waals surface area contributed by atoms with E-state index in [1.54, 1.807) is 32.5 Å². The lowest BCUT2D eigenvalue weighted by Gasteiger charge is -2.30. The Bertz CT molecular complexity index is 256. The van der Waals surface area contributed by atoms with Gasteiger partial charge in [-0.1, -0.05) is 20.8 Å². The first kappa shape index (κ1) is 15.3. The molecule has 1 amide bonds. The van der Waals surface area contributed by atoms with Gasteiger partial charge in [0.1, 0.15) is 5.54 Å². The van der Waals surface area contributed by atoms with E-state index < -0.39 is 11.5 Å². The van der Waals surface area contributed by atoms with Crippen molar-refractivity contribution in [3.8, 4) is 0 Å². The number of hydrogen-bond acceptors (Lipinski definition) is 3. The lowest BCUT2D eigenvalue weighted by atomic mass is 9.88. The molecule has 2 N–H and O–H groups in total. The summed E-state index contributed by atoms with van der Waals surface area (Å²) < 4.78 is 0. The van der Waals surface area contributed by atoms with Gasteiger partial charge < -0.3 is 10.4 Å². The minimum Gasteiger partial charge on any atom is -0.480 e. The Morgan fingerprint density at radius 3 is 2.38 bits per heavy atom. The van der Waals surface area contributed by atoms with Gasteiger partial charge in [0.25, 0.3) is 0 Å². The molecule has 0 radical (unpaired) electrons. The number of amides is 1. The molecule has 5 heteroatoms. The van der Waals surface area contributed by atoms with Crippen molar-refractivity contribution in [3.05, 3.63) is 0 Å². The van der Waals surface area contributed by atoms with Crippen LogP contribution in [0.4, 0.5) is 0 Å². The standard InChI is InChI=1S/C11H21NO3S/c1-5-16-7-6-9(13)12-11(4,8(2)3)10(14)15/h8H,5-7H2,1-4H3,(H,12,13)(H,14,15). The van der Waals surface area contributed by atoms with Crippen molar-refractivity contribution in [2.75, 3.05) is 11.5 Å². The maximum absolute atomic E-state index is 11.6. The van der Waals surface area contributed by atoms with E-state index in [2.05, 4.69) is 5.32 Å². The summed E-state index contributed by atoms with van der Waals surface area (Å²) in [6.07, 6.45) is 0.369. The lowest BCUT2D eigenvalue weighted by Crippen LogP contribution is -2.55. The Morgan fingerprint density at radius 1 is 1.44 bits per heavy atom. The molecular formula is C11H21NO3S. The first-order valence-electron chi connectivity index (χ1n) is 5.46. The molecule has 0 aromatic heterocycles. The SMILES string of the molecule is CCSCCC(=O)NC(C)(C(=O)O)C(C)C. The number of carboxylic acids is 1. The fourth-order valence-electron chi connectivity index (χ4n) is 1.11. The van der Waals surface area contributed by atoms with Crippen molar-refractivity contribution in [2.24, 2.45) is 5.92 Å². The van der Waals surface area contributed by atoms with E-state index in [0.717, 1.165) is 11.5 Å². The number of hydrogen-bond donors (Lipinski definition) is 2. The molecule has 16 heavy (non-hydrogen) atoms. The van der Waals surface area contributed by atoms with Crippen LogP contribution in [0.2, 0.25) is 0 Å². The van der Waals surface area contributed by atoms with Crippen molar-refractivity contribution in [1.29, 1.82) is 0 Å². The summed E-state index contributed by atoms with van der Waals surface area (Å²) in [7, 11) is 0. The van der Waals surface area contributed by atoms with E-state index in [-0.39, 0.29) is 11.8 Å². The molecule has 0 saturated heterocycles. The molecule has 1 atom stereocenters. The highest BCUT2D eigenvalue weighted by Gasteiger charge is 2.37. The number of nitrogens with one attached hydrogen (secondary N) is 1. The van der Waals surface area contributed by atoms with Crippen molar-refractivity contribution < 1.29 is 14.7 Å². The highest BCUT2D eigenvalue weighted by molar-refractivity contribution is 7.99. The van der Waals surface area contributed by atoms with Crippen LogP contribution < -0.4 is 5.32 Å². The van der Waals surface area contributed by atoms with Gasteiger partial charge in [0, 0.05) is 12.2 Å². The molecule has 0 aromatic rings. The van der Waals surface area contributed by atoms with Gasteiger partial charge >= 0.3 is 5.97 Å². The summed E-state index contributed by atoms with van der Waals surface area (Å²) >= 11 is 1.67. The number of thioether (sulfide) groups is 1. The maximum atomic E-state index is 11.6. The molecule has 0 aliphatic rings. The molecule has 4 nitrogen and oxygen atoms in total. The van der Waals surface area contributed by atoms with Crippen LogP contribution in [0.15, 0.2) is 0 Å². The molecule has 0 fully saturated rings. The number of carbonyl (C=O) groups excluding carboxylic acids is 1. The zero-order valence-corrected chi connectivity index (χ0v) is 11.2. The molecular weight excluding hydrogens is 226 g/mol. The smallest absolute Gasteiger partial charge is 0.329 e. The van der Waals surface area contributed by atoms with Gasteiger partial charge in [0.05, 0.1) is 0 Å². The van der Waals surface area contributed by atoms with Crippen LogP contribution in [-0.2, 0) is 9.59 Å². The first-order chi connectivity index (χ1) is 7.34. The average Bonchev–Trinajstić information content (AvgIpc) is 2.17. The van der Waals surface area contributed by atoms with Gasteiger partial charge in [-0.15, -0.1) is 0 Å². The summed E-state index contributed by atoms with van der Waals surface area (Å²) in [6, 6.07) is 0. The Hall–Kier alpha value is -0.710. The quantitative estimate of drug-likeness (QED) is 0.673. The average molecular weight is 247 g/mol. The fourth-order valence-corrected chi connectivity index (χ4v) is 1.72. The molecule has 1 unspecified atom stereocenters. The normalized spacial score (nSPS) is 14.6. The van der Waals surface area contributed by atoms with Crippen molar-refractivity contribution in [2.45, 2.75) is 39.7 Å². The molecule has 0 bridgehead atoms. The Kier molecular flexibility index (Phi) is 6.48. The van der Waals surface area contributed by atoms with E-state index in [1.165, 1.54) is 0 Å². The summed E-state index contributed by atoms with van der Waals surface area (Å²) in [5.41, 5.74) is -1.17. The van der Waals surface area contributed by atoms with Gasteiger partial charge in [-0.05, 0) is 18.6 Å². The van der Waals surface area contributed by atoms with Gasteiger partial charge in [0.15, 0.2) is 0 Å². The van der Waals surface area contributed by atoms with Crippen LogP contribution in [0.25, 0.3) is 0 Å². The van der Waals surface area contributed by atoms with E-state index >= 15 is 0 Å². The minimum absolute atomic E-state index is 0.146. The summed E-state index contributed by atoms with van der Waals surface area (Å²) in [4.78, 5) is 22.7. The van der Waals surface area contributed by atoms with E-state index in [1.807, 2.05) is 6.92 Å². The predicted octanol–water partition coefficient (Wildman–Crippen LogP) is 1.75. The second-order valence-electron chi connectivity index (χ2n) is 4.16. The summed E-state index contributed by atoms with van der Waals surface area (Å²) in [5, 5.41) is 11.7. The monoisotopic (exact) mass is 247 g/mol. The number of carboxylic acid groups (broad SMARTS) is 1. The molecule has 0 saturated carbocycles. The Labute approximate surface area is 101 Å². The van der Waals surface area contributed by atoms with Gasteiger partial charge in [-0.25, -0.2) is 4.79 Å². The number of carbonyl (C=O) groups is 2. The summed E-state index contributed by atoms with van der Waals surface area (Å²) in [6.45, 7) is 7.15. The lowest BCUT2D eigenvalue weighted by molar-refractivity contribution is -0.148. The van der Waals surface area contributed by atoms with E-state index in [4.69, 9.17) is 5.11 Å². The Balaban J connectivity index is 4.31. The third-order valence-corrected chi connectivity index (χ3v) is 3.58. The number of aliphatic carboxylic acids is 1. The molecule has 0 rings (SSSR count). The Morgan fingerprint density at radius 2 is 2.00 bits per heavy atom. The third-order valence-electron chi connectivity index (χ3n) is 2.68. The molecule has 0 aliphatic heterocycles. The zero-order valence-electron chi connectivity index (χ0n) is 10.4. The molecule has 94 valence electrons. The maximum Gasteiger partial charge on any atom is 0.329 e. The van der Waals surface area contributed by atoms with Crippen LogP contribution in [0.3, 0.4) is 0 Å². The summed E-state index contributed by atoms with van der Waals surface area (Å²) in [5.74, 6) is 0.371. The molecule has 0 heterocycles. The third kappa shape index (κ3) is 4.43. The topological polar surface area (TPSA) is 66.4 Å². The van der Waals surface area contributed by atoms with Crippen LogP contribution in [0, 0.1) is 5.92 Å². The van der Waals surface area contributed by atoms with Gasteiger partial charge in [0.2, 0.25) is 5.91 Å². The molecule has 0 aromatic carbocycles. The van der Waals surface area contributed by atoms with Crippen LogP contribution in [-0.4, -0.2) is 34.0 Å². The van der Waals surface area contributed by atoms with E-state index in [0.29, 0.717) is 6.42 Å². The predicted molar refractivity (Wildman–Crippen MR) is 66.6 cm³/mol. The van der Waals surface area contributed by atoms with Crippen LogP contribution in [0.1, 0.15) is 34.1 Å². The highest BCUT2D eigenvalue weighted by atomic mass is 32.2. The fraction of sp³-hybridized carbons (Fsp3) is 0.818. The van der Waals surface area contributed by atoms with Crippen LogP contribution in [0.5, 0.6) is 0 Å². The zero-order chi connectivity index (χ0) is 12.8. The second kappa shape index (κ2) is 6.78.